The van der Waals surface area contributed by atoms with E-state index in [1.165, 1.54) is 4.68 Å². The number of benzene rings is 1. The van der Waals surface area contributed by atoms with E-state index in [9.17, 15) is 0 Å². The topological polar surface area (TPSA) is 103 Å². The van der Waals surface area contributed by atoms with Gasteiger partial charge in [-0.3, -0.25) is 0 Å². The lowest BCUT2D eigenvalue weighted by Gasteiger charge is -2.08. The molecule has 0 saturated carbocycles. The molecule has 0 spiro atoms. The highest BCUT2D eigenvalue weighted by Crippen LogP contribution is 2.27. The van der Waals surface area contributed by atoms with Gasteiger partial charge < -0.3 is 16.2 Å². The molecule has 0 saturated heterocycles. The highest BCUT2D eigenvalue weighted by Gasteiger charge is 2.16. The second-order valence-corrected chi connectivity index (χ2v) is 3.34. The van der Waals surface area contributed by atoms with Crippen molar-refractivity contribution in [2.75, 3.05) is 18.6 Å². The molecule has 0 bridgehead atoms. The van der Waals surface area contributed by atoms with Gasteiger partial charge in [0.2, 0.25) is 0 Å². The zero-order valence-corrected chi connectivity index (χ0v) is 9.21. The van der Waals surface area contributed by atoms with Crippen molar-refractivity contribution in [3.8, 4) is 17.5 Å². The molecule has 17 heavy (non-hydrogen) atoms. The number of aromatic nitrogens is 2. The van der Waals surface area contributed by atoms with Crippen LogP contribution in [0.2, 0.25) is 0 Å². The van der Waals surface area contributed by atoms with Crippen molar-refractivity contribution >= 4 is 11.6 Å². The van der Waals surface area contributed by atoms with Crippen LogP contribution < -0.4 is 16.2 Å². The molecule has 2 aromatic rings. The van der Waals surface area contributed by atoms with Crippen LogP contribution in [-0.4, -0.2) is 16.9 Å². The van der Waals surface area contributed by atoms with E-state index >= 15 is 0 Å². The standard InChI is InChI=1S/C11H11N5O/c1-17-9-5-3-2-4-8(9)16-11(14)7(6-12)10(13)15-16/h2-5H,14H2,1H3,(H2,13,15). The van der Waals surface area contributed by atoms with Crippen molar-refractivity contribution in [2.24, 2.45) is 0 Å². The number of methoxy groups -OCH3 is 1. The first-order valence-electron chi connectivity index (χ1n) is 4.86. The maximum atomic E-state index is 8.89. The lowest BCUT2D eigenvalue weighted by molar-refractivity contribution is 0.412. The molecular formula is C11H11N5O. The number of ether oxygens (including phenoxy) is 1. The summed E-state index contributed by atoms with van der Waals surface area (Å²) in [4.78, 5) is 0. The third kappa shape index (κ3) is 1.63. The van der Waals surface area contributed by atoms with E-state index in [-0.39, 0.29) is 17.2 Å². The number of hydrogen-bond donors (Lipinski definition) is 2. The Hall–Kier alpha value is -2.68. The Kier molecular flexibility index (Phi) is 2.58. The monoisotopic (exact) mass is 229 g/mol. The third-order valence-corrected chi connectivity index (χ3v) is 2.37. The average molecular weight is 229 g/mol. The van der Waals surface area contributed by atoms with Crippen LogP contribution in [0.5, 0.6) is 5.75 Å². The van der Waals surface area contributed by atoms with Crippen molar-refractivity contribution in [2.45, 2.75) is 0 Å². The zero-order chi connectivity index (χ0) is 12.4. The fourth-order valence-electron chi connectivity index (χ4n) is 1.55. The van der Waals surface area contributed by atoms with Gasteiger partial charge in [0.05, 0.1) is 7.11 Å². The van der Waals surface area contributed by atoms with Gasteiger partial charge in [0.15, 0.2) is 5.82 Å². The Morgan fingerprint density at radius 2 is 2.06 bits per heavy atom. The second-order valence-electron chi connectivity index (χ2n) is 3.34. The Morgan fingerprint density at radius 3 is 2.65 bits per heavy atom. The summed E-state index contributed by atoms with van der Waals surface area (Å²) in [6, 6.07) is 9.12. The normalized spacial score (nSPS) is 9.88. The van der Waals surface area contributed by atoms with Crippen molar-refractivity contribution in [3.05, 3.63) is 29.8 Å². The van der Waals surface area contributed by atoms with Crippen LogP contribution in [-0.2, 0) is 0 Å². The molecule has 0 atom stereocenters. The molecule has 6 heteroatoms. The molecule has 0 aliphatic heterocycles. The van der Waals surface area contributed by atoms with Gasteiger partial charge in [-0.25, -0.2) is 4.68 Å². The predicted octanol–water partition coefficient (Wildman–Crippen LogP) is 0.917. The Labute approximate surface area is 98.0 Å². The van der Waals surface area contributed by atoms with Gasteiger partial charge in [0.1, 0.15) is 28.9 Å². The van der Waals surface area contributed by atoms with Gasteiger partial charge in [-0.15, -0.1) is 5.10 Å². The van der Waals surface area contributed by atoms with Crippen molar-refractivity contribution in [1.82, 2.24) is 9.78 Å². The SMILES string of the molecule is COc1ccccc1-n1nc(N)c(C#N)c1N. The molecule has 6 nitrogen and oxygen atoms in total. The number of para-hydroxylation sites is 2. The minimum absolute atomic E-state index is 0.107. The van der Waals surface area contributed by atoms with Crippen LogP contribution in [0, 0.1) is 11.3 Å². The Morgan fingerprint density at radius 1 is 1.35 bits per heavy atom. The van der Waals surface area contributed by atoms with Gasteiger partial charge in [-0.2, -0.15) is 5.26 Å². The lowest BCUT2D eigenvalue weighted by Crippen LogP contribution is -2.04. The van der Waals surface area contributed by atoms with Gasteiger partial charge in [-0.05, 0) is 12.1 Å². The smallest absolute Gasteiger partial charge is 0.166 e. The summed E-state index contributed by atoms with van der Waals surface area (Å²) in [6.45, 7) is 0. The highest BCUT2D eigenvalue weighted by molar-refractivity contribution is 5.65. The van der Waals surface area contributed by atoms with Crippen LogP contribution >= 0.6 is 0 Å². The minimum atomic E-state index is 0.107. The first kappa shape index (κ1) is 10.8. The quantitative estimate of drug-likeness (QED) is 0.796. The highest BCUT2D eigenvalue weighted by atomic mass is 16.5. The van der Waals surface area contributed by atoms with E-state index < -0.39 is 0 Å². The first-order valence-corrected chi connectivity index (χ1v) is 4.86. The summed E-state index contributed by atoms with van der Waals surface area (Å²) in [7, 11) is 1.55. The molecule has 0 aliphatic rings. The molecular weight excluding hydrogens is 218 g/mol. The zero-order valence-electron chi connectivity index (χ0n) is 9.21. The van der Waals surface area contributed by atoms with E-state index in [1.54, 1.807) is 19.2 Å². The largest absolute Gasteiger partial charge is 0.494 e. The number of rotatable bonds is 2. The summed E-state index contributed by atoms with van der Waals surface area (Å²) in [5.74, 6) is 0.914. The van der Waals surface area contributed by atoms with E-state index in [0.717, 1.165) is 0 Å². The van der Waals surface area contributed by atoms with Crippen molar-refractivity contribution in [3.63, 3.8) is 0 Å². The van der Waals surface area contributed by atoms with Crippen LogP contribution in [0.1, 0.15) is 5.56 Å². The maximum absolute atomic E-state index is 8.89. The second kappa shape index (κ2) is 4.06. The fraction of sp³-hybridized carbons (Fsp3) is 0.0909. The molecule has 0 aliphatic carbocycles. The summed E-state index contributed by atoms with van der Waals surface area (Å²) >= 11 is 0. The molecule has 2 rings (SSSR count). The molecule has 86 valence electrons. The third-order valence-electron chi connectivity index (χ3n) is 2.37. The fourth-order valence-corrected chi connectivity index (χ4v) is 1.55. The molecule has 1 aromatic heterocycles. The number of nitriles is 1. The Balaban J connectivity index is 2.66. The molecule has 0 amide bonds. The summed E-state index contributed by atoms with van der Waals surface area (Å²) in [6.07, 6.45) is 0. The summed E-state index contributed by atoms with van der Waals surface area (Å²) in [5.41, 5.74) is 12.2. The number of nitrogens with two attached hydrogens (primary N) is 2. The molecule has 4 N–H and O–H groups in total. The molecule has 0 unspecified atom stereocenters. The van der Waals surface area contributed by atoms with E-state index in [1.807, 2.05) is 18.2 Å². The predicted molar refractivity (Wildman–Crippen MR) is 63.7 cm³/mol. The number of nitrogen functional groups attached to an aromatic ring is 2. The maximum Gasteiger partial charge on any atom is 0.166 e. The summed E-state index contributed by atoms with van der Waals surface area (Å²) < 4.78 is 6.59. The van der Waals surface area contributed by atoms with Gasteiger partial charge in [-0.1, -0.05) is 12.1 Å². The minimum Gasteiger partial charge on any atom is -0.494 e. The first-order chi connectivity index (χ1) is 8.19. The lowest BCUT2D eigenvalue weighted by atomic mass is 10.3. The van der Waals surface area contributed by atoms with Gasteiger partial charge in [0, 0.05) is 0 Å². The van der Waals surface area contributed by atoms with Crippen molar-refractivity contribution < 1.29 is 4.74 Å². The number of hydrogen-bond acceptors (Lipinski definition) is 5. The van der Waals surface area contributed by atoms with Crippen LogP contribution in [0.15, 0.2) is 24.3 Å². The van der Waals surface area contributed by atoms with E-state index in [4.69, 9.17) is 21.5 Å². The number of nitrogens with zero attached hydrogens (tertiary/aromatic N) is 3. The van der Waals surface area contributed by atoms with E-state index in [0.29, 0.717) is 11.4 Å². The van der Waals surface area contributed by atoms with Gasteiger partial charge >= 0.3 is 0 Å². The number of anilines is 2. The van der Waals surface area contributed by atoms with E-state index in [2.05, 4.69) is 5.10 Å². The average Bonchev–Trinajstić information content (AvgIpc) is 2.64. The van der Waals surface area contributed by atoms with Crippen LogP contribution in [0.3, 0.4) is 0 Å². The molecule has 1 aromatic carbocycles. The molecule has 1 heterocycles. The van der Waals surface area contributed by atoms with Crippen LogP contribution in [0.25, 0.3) is 5.69 Å². The molecule has 0 radical (unpaired) electrons. The van der Waals surface area contributed by atoms with Gasteiger partial charge in [0.25, 0.3) is 0 Å². The van der Waals surface area contributed by atoms with Crippen molar-refractivity contribution in [1.29, 1.82) is 5.26 Å². The summed E-state index contributed by atoms with van der Waals surface area (Å²) in [5, 5.41) is 12.9. The Bertz CT molecular complexity index is 596. The molecule has 0 fully saturated rings. The van der Waals surface area contributed by atoms with Crippen LogP contribution in [0.4, 0.5) is 11.6 Å².